The summed E-state index contributed by atoms with van der Waals surface area (Å²) in [6.07, 6.45) is 0. The average Bonchev–Trinajstić information content (AvgIpc) is 2.51. The predicted octanol–water partition coefficient (Wildman–Crippen LogP) is 2.97. The topological polar surface area (TPSA) is 46.3 Å². The van der Waals surface area contributed by atoms with Crippen LogP contribution in [0.2, 0.25) is 0 Å². The van der Waals surface area contributed by atoms with Crippen LogP contribution >= 0.6 is 0 Å². The number of phenols is 1. The van der Waals surface area contributed by atoms with Gasteiger partial charge in [0.1, 0.15) is 11.5 Å². The maximum atomic E-state index is 9.69. The molecule has 0 aliphatic rings. The molecule has 3 nitrogen and oxygen atoms in total. The van der Waals surface area contributed by atoms with Gasteiger partial charge in [-0.05, 0) is 32.9 Å². The molecule has 1 aromatic carbocycles. The van der Waals surface area contributed by atoms with Crippen LogP contribution in [0.3, 0.4) is 0 Å². The first-order chi connectivity index (χ1) is 7.08. The Labute approximate surface area is 88.4 Å². The SMILES string of the molecule is Cc1ccc(O)c(-c2nc(C)c(C)o2)c1. The lowest BCUT2D eigenvalue weighted by atomic mass is 10.1. The van der Waals surface area contributed by atoms with Gasteiger partial charge in [0.05, 0.1) is 11.3 Å². The molecule has 0 atom stereocenters. The summed E-state index contributed by atoms with van der Waals surface area (Å²) < 4.78 is 5.47. The van der Waals surface area contributed by atoms with Crippen molar-refractivity contribution in [1.29, 1.82) is 0 Å². The van der Waals surface area contributed by atoms with Gasteiger partial charge in [-0.1, -0.05) is 11.6 Å². The molecule has 0 fully saturated rings. The van der Waals surface area contributed by atoms with Crippen molar-refractivity contribution in [2.75, 3.05) is 0 Å². The minimum atomic E-state index is 0.196. The van der Waals surface area contributed by atoms with Crippen molar-refractivity contribution < 1.29 is 9.52 Å². The lowest BCUT2D eigenvalue weighted by Gasteiger charge is -2.00. The normalized spacial score (nSPS) is 10.6. The molecule has 0 amide bonds. The largest absolute Gasteiger partial charge is 0.507 e. The molecule has 2 aromatic rings. The molecule has 78 valence electrons. The molecule has 2 rings (SSSR count). The van der Waals surface area contributed by atoms with E-state index in [1.54, 1.807) is 6.07 Å². The van der Waals surface area contributed by atoms with Gasteiger partial charge in [0.25, 0.3) is 0 Å². The zero-order valence-electron chi connectivity index (χ0n) is 9.03. The number of oxazole rings is 1. The third-order valence-electron chi connectivity index (χ3n) is 2.41. The standard InChI is InChI=1S/C12H13NO2/c1-7-4-5-11(14)10(6-7)12-13-8(2)9(3)15-12/h4-6,14H,1-3H3. The number of benzene rings is 1. The van der Waals surface area contributed by atoms with E-state index in [2.05, 4.69) is 4.98 Å². The van der Waals surface area contributed by atoms with E-state index in [0.717, 1.165) is 17.0 Å². The second-order valence-electron chi connectivity index (χ2n) is 3.68. The van der Waals surface area contributed by atoms with Crippen LogP contribution in [-0.4, -0.2) is 10.1 Å². The Morgan fingerprint density at radius 3 is 2.53 bits per heavy atom. The summed E-state index contributed by atoms with van der Waals surface area (Å²) in [6.45, 7) is 5.71. The number of rotatable bonds is 1. The third-order valence-corrected chi connectivity index (χ3v) is 2.41. The van der Waals surface area contributed by atoms with Crippen LogP contribution in [0.4, 0.5) is 0 Å². The quantitative estimate of drug-likeness (QED) is 0.775. The second kappa shape index (κ2) is 3.42. The summed E-state index contributed by atoms with van der Waals surface area (Å²) in [5.41, 5.74) is 2.56. The highest BCUT2D eigenvalue weighted by Crippen LogP contribution is 2.30. The van der Waals surface area contributed by atoms with E-state index < -0.39 is 0 Å². The molecule has 0 saturated heterocycles. The molecule has 0 bridgehead atoms. The van der Waals surface area contributed by atoms with Gasteiger partial charge in [0.15, 0.2) is 0 Å². The number of nitrogens with zero attached hydrogens (tertiary/aromatic N) is 1. The first-order valence-corrected chi connectivity index (χ1v) is 4.82. The van der Waals surface area contributed by atoms with E-state index in [9.17, 15) is 5.11 Å². The van der Waals surface area contributed by atoms with Gasteiger partial charge in [-0.15, -0.1) is 0 Å². The lowest BCUT2D eigenvalue weighted by molar-refractivity contribution is 0.471. The van der Waals surface area contributed by atoms with Gasteiger partial charge in [0, 0.05) is 0 Å². The third kappa shape index (κ3) is 1.73. The van der Waals surface area contributed by atoms with Crippen molar-refractivity contribution in [1.82, 2.24) is 4.98 Å². The summed E-state index contributed by atoms with van der Waals surface area (Å²) in [6, 6.07) is 5.36. The Morgan fingerprint density at radius 2 is 1.93 bits per heavy atom. The van der Waals surface area contributed by atoms with E-state index in [1.165, 1.54) is 0 Å². The van der Waals surface area contributed by atoms with E-state index in [0.29, 0.717) is 11.5 Å². The molecule has 0 spiro atoms. The smallest absolute Gasteiger partial charge is 0.230 e. The van der Waals surface area contributed by atoms with Crippen LogP contribution in [0.5, 0.6) is 5.75 Å². The van der Waals surface area contributed by atoms with Crippen molar-refractivity contribution in [3.8, 4) is 17.2 Å². The zero-order chi connectivity index (χ0) is 11.0. The average molecular weight is 203 g/mol. The Morgan fingerprint density at radius 1 is 1.20 bits per heavy atom. The summed E-state index contributed by atoms with van der Waals surface area (Å²) in [5.74, 6) is 1.46. The molecular formula is C12H13NO2. The summed E-state index contributed by atoms with van der Waals surface area (Å²) in [7, 11) is 0. The van der Waals surface area contributed by atoms with E-state index >= 15 is 0 Å². The first kappa shape index (κ1) is 9.77. The van der Waals surface area contributed by atoms with Gasteiger partial charge in [-0.3, -0.25) is 0 Å². The van der Waals surface area contributed by atoms with Crippen LogP contribution in [0.25, 0.3) is 11.5 Å². The van der Waals surface area contributed by atoms with Crippen LogP contribution < -0.4 is 0 Å². The summed E-state index contributed by atoms with van der Waals surface area (Å²) >= 11 is 0. The lowest BCUT2D eigenvalue weighted by Crippen LogP contribution is -1.81. The van der Waals surface area contributed by atoms with E-state index in [-0.39, 0.29) is 5.75 Å². The molecule has 3 heteroatoms. The second-order valence-corrected chi connectivity index (χ2v) is 3.68. The molecule has 1 heterocycles. The molecule has 0 saturated carbocycles. The maximum Gasteiger partial charge on any atom is 0.230 e. The fourth-order valence-electron chi connectivity index (χ4n) is 1.41. The molecule has 0 unspecified atom stereocenters. The number of aryl methyl sites for hydroxylation is 3. The van der Waals surface area contributed by atoms with Crippen LogP contribution in [0, 0.1) is 20.8 Å². The minimum absolute atomic E-state index is 0.196. The molecule has 0 aliphatic heterocycles. The minimum Gasteiger partial charge on any atom is -0.507 e. The highest BCUT2D eigenvalue weighted by atomic mass is 16.4. The molecule has 1 aromatic heterocycles. The molecule has 0 radical (unpaired) electrons. The highest BCUT2D eigenvalue weighted by molar-refractivity contribution is 5.63. The predicted molar refractivity (Wildman–Crippen MR) is 57.8 cm³/mol. The molecule has 0 aliphatic carbocycles. The fourth-order valence-corrected chi connectivity index (χ4v) is 1.41. The summed E-state index contributed by atoms with van der Waals surface area (Å²) in [5, 5.41) is 9.69. The Kier molecular flexibility index (Phi) is 2.23. The fraction of sp³-hybridized carbons (Fsp3) is 0.250. The number of aromatic hydroxyl groups is 1. The molecule has 1 N–H and O–H groups in total. The monoisotopic (exact) mass is 203 g/mol. The Hall–Kier alpha value is -1.77. The van der Waals surface area contributed by atoms with Gasteiger partial charge in [-0.25, -0.2) is 4.98 Å². The van der Waals surface area contributed by atoms with Crippen molar-refractivity contribution in [3.05, 3.63) is 35.2 Å². The van der Waals surface area contributed by atoms with Gasteiger partial charge >= 0.3 is 0 Å². The van der Waals surface area contributed by atoms with Crippen molar-refractivity contribution in [2.24, 2.45) is 0 Å². The van der Waals surface area contributed by atoms with Crippen molar-refractivity contribution >= 4 is 0 Å². The van der Waals surface area contributed by atoms with Crippen LogP contribution in [-0.2, 0) is 0 Å². The molecule has 15 heavy (non-hydrogen) atoms. The number of phenolic OH excluding ortho intramolecular Hbond substituents is 1. The number of aromatic nitrogens is 1. The Balaban J connectivity index is 2.58. The van der Waals surface area contributed by atoms with Crippen molar-refractivity contribution in [2.45, 2.75) is 20.8 Å². The number of hydrogen-bond donors (Lipinski definition) is 1. The van der Waals surface area contributed by atoms with E-state index in [1.807, 2.05) is 32.9 Å². The van der Waals surface area contributed by atoms with Gasteiger partial charge < -0.3 is 9.52 Å². The zero-order valence-corrected chi connectivity index (χ0v) is 9.03. The van der Waals surface area contributed by atoms with Crippen LogP contribution in [0.1, 0.15) is 17.0 Å². The van der Waals surface area contributed by atoms with Crippen molar-refractivity contribution in [3.63, 3.8) is 0 Å². The number of hydrogen-bond acceptors (Lipinski definition) is 3. The maximum absolute atomic E-state index is 9.69. The van der Waals surface area contributed by atoms with Gasteiger partial charge in [-0.2, -0.15) is 0 Å². The first-order valence-electron chi connectivity index (χ1n) is 4.82. The Bertz CT molecular complexity index is 481. The molecular weight excluding hydrogens is 190 g/mol. The highest BCUT2D eigenvalue weighted by Gasteiger charge is 2.12. The van der Waals surface area contributed by atoms with Gasteiger partial charge in [0.2, 0.25) is 5.89 Å². The van der Waals surface area contributed by atoms with E-state index in [4.69, 9.17) is 4.42 Å². The summed E-state index contributed by atoms with van der Waals surface area (Å²) in [4.78, 5) is 4.26. The van der Waals surface area contributed by atoms with Crippen LogP contribution in [0.15, 0.2) is 22.6 Å².